The van der Waals surface area contributed by atoms with Crippen LogP contribution in [0.15, 0.2) is 0 Å². The van der Waals surface area contributed by atoms with E-state index in [9.17, 15) is 28.8 Å². The molecular formula is C21H31N5O7. The second-order valence-electron chi connectivity index (χ2n) is 8.98. The highest BCUT2D eigenvalue weighted by molar-refractivity contribution is 5.97. The van der Waals surface area contributed by atoms with E-state index in [1.807, 2.05) is 0 Å². The van der Waals surface area contributed by atoms with Crippen LogP contribution >= 0.6 is 0 Å². The topological polar surface area (TPSA) is 188 Å². The number of nitrogens with two attached hydrogens (primary N) is 1. The van der Waals surface area contributed by atoms with E-state index in [1.54, 1.807) is 0 Å². The summed E-state index contributed by atoms with van der Waals surface area (Å²) < 4.78 is 0. The van der Waals surface area contributed by atoms with Crippen molar-refractivity contribution < 1.29 is 33.9 Å². The largest absolute Gasteiger partial charge is 0.481 e. The standard InChI is InChI=1S/C21H31N5O7/c22-16(27)10-14(25-18(29)13-7-8-17(28)24-13)20(31)26-9-1-2-15(26)19(30)23-12-5-3-11(4-6-12)21(32)33/h11-15H,1-10H2,(H2,22,27)(H,23,30)(H,24,28)(H,25,29)(H,32,33). The summed E-state index contributed by atoms with van der Waals surface area (Å²) in [6.45, 7) is 0.300. The van der Waals surface area contributed by atoms with Gasteiger partial charge in [0.05, 0.1) is 12.3 Å². The number of hydrogen-bond donors (Lipinski definition) is 5. The van der Waals surface area contributed by atoms with Crippen LogP contribution in [0.2, 0.25) is 0 Å². The summed E-state index contributed by atoms with van der Waals surface area (Å²) >= 11 is 0. The van der Waals surface area contributed by atoms with Crippen LogP contribution in [0.25, 0.3) is 0 Å². The lowest BCUT2D eigenvalue weighted by Gasteiger charge is -2.31. The number of aliphatic carboxylic acids is 1. The molecule has 6 N–H and O–H groups in total. The minimum Gasteiger partial charge on any atom is -0.481 e. The molecule has 3 atom stereocenters. The van der Waals surface area contributed by atoms with Crippen LogP contribution in [0.5, 0.6) is 0 Å². The van der Waals surface area contributed by atoms with Gasteiger partial charge in [-0.1, -0.05) is 0 Å². The molecule has 12 nitrogen and oxygen atoms in total. The van der Waals surface area contributed by atoms with E-state index in [0.29, 0.717) is 51.5 Å². The number of carboxylic acids is 1. The van der Waals surface area contributed by atoms with Crippen molar-refractivity contribution in [3.63, 3.8) is 0 Å². The summed E-state index contributed by atoms with van der Waals surface area (Å²) in [4.78, 5) is 74.0. The van der Waals surface area contributed by atoms with Crippen LogP contribution in [0.3, 0.4) is 0 Å². The minimum absolute atomic E-state index is 0.155. The first-order valence-corrected chi connectivity index (χ1v) is 11.4. The Morgan fingerprint density at radius 1 is 1.06 bits per heavy atom. The van der Waals surface area contributed by atoms with Crippen LogP contribution in [0, 0.1) is 5.92 Å². The predicted octanol–water partition coefficient (Wildman–Crippen LogP) is -1.62. The zero-order chi connectivity index (χ0) is 24.1. The second-order valence-corrected chi connectivity index (χ2v) is 8.98. The second kappa shape index (κ2) is 10.6. The monoisotopic (exact) mass is 465 g/mol. The molecule has 5 amide bonds. The van der Waals surface area contributed by atoms with Crippen molar-refractivity contribution >= 4 is 35.5 Å². The van der Waals surface area contributed by atoms with Gasteiger partial charge in [-0.3, -0.25) is 28.8 Å². The van der Waals surface area contributed by atoms with Crippen LogP contribution in [0.4, 0.5) is 0 Å². The fourth-order valence-corrected chi connectivity index (χ4v) is 4.77. The maximum absolute atomic E-state index is 13.2. The van der Waals surface area contributed by atoms with Crippen molar-refractivity contribution in [3.05, 3.63) is 0 Å². The Balaban J connectivity index is 1.61. The van der Waals surface area contributed by atoms with E-state index in [2.05, 4.69) is 16.0 Å². The molecule has 0 aromatic rings. The quantitative estimate of drug-likeness (QED) is 0.285. The molecule has 3 aliphatic rings. The number of carbonyl (C=O) groups is 6. The van der Waals surface area contributed by atoms with Gasteiger partial charge in [0.25, 0.3) is 0 Å². The lowest BCUT2D eigenvalue weighted by Crippen LogP contribution is -2.57. The van der Waals surface area contributed by atoms with E-state index in [4.69, 9.17) is 10.8 Å². The summed E-state index contributed by atoms with van der Waals surface area (Å²) in [7, 11) is 0. The molecule has 0 radical (unpaired) electrons. The van der Waals surface area contributed by atoms with Gasteiger partial charge in [0.1, 0.15) is 18.1 Å². The average molecular weight is 466 g/mol. The highest BCUT2D eigenvalue weighted by Gasteiger charge is 2.40. The lowest BCUT2D eigenvalue weighted by molar-refractivity contribution is -0.143. The van der Waals surface area contributed by atoms with Crippen LogP contribution in [-0.4, -0.2) is 76.2 Å². The maximum atomic E-state index is 13.2. The van der Waals surface area contributed by atoms with Gasteiger partial charge < -0.3 is 31.7 Å². The normalized spacial score (nSPS) is 28.0. The molecule has 0 aromatic carbocycles. The molecule has 182 valence electrons. The van der Waals surface area contributed by atoms with Gasteiger partial charge in [0, 0.05) is 19.0 Å². The Labute approximate surface area is 191 Å². The van der Waals surface area contributed by atoms with E-state index in [-0.39, 0.29) is 24.3 Å². The summed E-state index contributed by atoms with van der Waals surface area (Å²) in [5.74, 6) is -3.74. The molecule has 2 aliphatic heterocycles. The summed E-state index contributed by atoms with van der Waals surface area (Å²) in [6.07, 6.45) is 3.18. The minimum atomic E-state index is -1.23. The predicted molar refractivity (Wildman–Crippen MR) is 113 cm³/mol. The van der Waals surface area contributed by atoms with Gasteiger partial charge in [-0.15, -0.1) is 0 Å². The van der Waals surface area contributed by atoms with Gasteiger partial charge in [0.2, 0.25) is 29.5 Å². The Hall–Kier alpha value is -3.18. The molecule has 33 heavy (non-hydrogen) atoms. The van der Waals surface area contributed by atoms with E-state index in [1.165, 1.54) is 4.90 Å². The molecule has 1 saturated carbocycles. The van der Waals surface area contributed by atoms with Crippen LogP contribution in [-0.2, 0) is 28.8 Å². The molecule has 1 aliphatic carbocycles. The number of rotatable bonds is 8. The number of amides is 5. The van der Waals surface area contributed by atoms with Gasteiger partial charge in [-0.2, -0.15) is 0 Å². The average Bonchev–Trinajstić information content (AvgIpc) is 3.42. The lowest BCUT2D eigenvalue weighted by atomic mass is 9.86. The smallest absolute Gasteiger partial charge is 0.306 e. The molecule has 0 spiro atoms. The Morgan fingerprint density at radius 3 is 2.33 bits per heavy atom. The first kappa shape index (κ1) is 24.5. The number of hydrogen-bond acceptors (Lipinski definition) is 6. The molecule has 3 rings (SSSR count). The Kier molecular flexibility index (Phi) is 7.88. The maximum Gasteiger partial charge on any atom is 0.306 e. The number of nitrogens with one attached hydrogen (secondary N) is 3. The molecule has 3 fully saturated rings. The molecule has 0 bridgehead atoms. The fourth-order valence-electron chi connectivity index (χ4n) is 4.77. The van der Waals surface area contributed by atoms with Gasteiger partial charge in [0.15, 0.2) is 0 Å². The van der Waals surface area contributed by atoms with Crippen molar-refractivity contribution in [3.8, 4) is 0 Å². The van der Waals surface area contributed by atoms with E-state index in [0.717, 1.165) is 0 Å². The van der Waals surface area contributed by atoms with Crippen LogP contribution in [0.1, 0.15) is 57.8 Å². The fraction of sp³-hybridized carbons (Fsp3) is 0.714. The highest BCUT2D eigenvalue weighted by atomic mass is 16.4. The van der Waals surface area contributed by atoms with Crippen molar-refractivity contribution in [2.24, 2.45) is 11.7 Å². The van der Waals surface area contributed by atoms with Gasteiger partial charge in [-0.25, -0.2) is 0 Å². The van der Waals surface area contributed by atoms with Gasteiger partial charge >= 0.3 is 5.97 Å². The Morgan fingerprint density at radius 2 is 1.76 bits per heavy atom. The molecule has 2 saturated heterocycles. The molecule has 3 unspecified atom stereocenters. The van der Waals surface area contributed by atoms with Gasteiger partial charge in [-0.05, 0) is 44.9 Å². The van der Waals surface area contributed by atoms with E-state index >= 15 is 0 Å². The summed E-state index contributed by atoms with van der Waals surface area (Å²) in [6, 6.07) is -2.91. The number of likely N-dealkylation sites (tertiary alicyclic amines) is 1. The third-order valence-electron chi connectivity index (χ3n) is 6.59. The first-order valence-electron chi connectivity index (χ1n) is 11.4. The SMILES string of the molecule is NC(=O)CC(NC(=O)C1CCC(=O)N1)C(=O)N1CCCC1C(=O)NC1CCC(C(=O)O)CC1. The number of carbonyl (C=O) groups excluding carboxylic acids is 5. The Bertz CT molecular complexity index is 824. The van der Waals surface area contributed by atoms with Crippen molar-refractivity contribution in [2.45, 2.75) is 82.0 Å². The molecular weight excluding hydrogens is 434 g/mol. The molecule has 12 heteroatoms. The zero-order valence-corrected chi connectivity index (χ0v) is 18.4. The summed E-state index contributed by atoms with van der Waals surface area (Å²) in [5.41, 5.74) is 5.28. The third kappa shape index (κ3) is 6.20. The summed E-state index contributed by atoms with van der Waals surface area (Å²) in [5, 5.41) is 17.1. The number of nitrogens with zero attached hydrogens (tertiary/aromatic N) is 1. The van der Waals surface area contributed by atoms with E-state index < -0.39 is 54.2 Å². The molecule has 0 aromatic heterocycles. The van der Waals surface area contributed by atoms with Crippen molar-refractivity contribution in [2.75, 3.05) is 6.54 Å². The number of carboxylic acid groups (broad SMARTS) is 1. The highest BCUT2D eigenvalue weighted by Crippen LogP contribution is 2.26. The van der Waals surface area contributed by atoms with Crippen LogP contribution < -0.4 is 21.7 Å². The van der Waals surface area contributed by atoms with Crippen molar-refractivity contribution in [1.82, 2.24) is 20.9 Å². The zero-order valence-electron chi connectivity index (χ0n) is 18.4. The number of primary amides is 1. The first-order chi connectivity index (χ1) is 15.7. The molecule has 2 heterocycles. The van der Waals surface area contributed by atoms with Crippen molar-refractivity contribution in [1.29, 1.82) is 0 Å². The third-order valence-corrected chi connectivity index (χ3v) is 6.59.